The van der Waals surface area contributed by atoms with Gasteiger partial charge in [0.25, 0.3) is 0 Å². The summed E-state index contributed by atoms with van der Waals surface area (Å²) in [7, 11) is 0. The van der Waals surface area contributed by atoms with Gasteiger partial charge in [0.2, 0.25) is 0 Å². The van der Waals surface area contributed by atoms with Crippen molar-refractivity contribution in [3.05, 3.63) is 65.9 Å². The van der Waals surface area contributed by atoms with Gasteiger partial charge in [0.1, 0.15) is 12.4 Å². The third-order valence-electron chi connectivity index (χ3n) is 3.70. The monoisotopic (exact) mass is 340 g/mol. The molecule has 0 aliphatic heterocycles. The summed E-state index contributed by atoms with van der Waals surface area (Å²) in [5.74, 6) is 1.27. The summed E-state index contributed by atoms with van der Waals surface area (Å²) in [6.07, 6.45) is 2.64. The van der Waals surface area contributed by atoms with Crippen LogP contribution in [0.4, 0.5) is 4.39 Å². The highest BCUT2D eigenvalue weighted by molar-refractivity contribution is 5.79. The molecule has 3 rings (SSSR count). The number of rotatable bonds is 6. The summed E-state index contributed by atoms with van der Waals surface area (Å²) >= 11 is 0. The van der Waals surface area contributed by atoms with Crippen molar-refractivity contribution in [3.8, 4) is 0 Å². The molecule has 2 aromatic heterocycles. The van der Waals surface area contributed by atoms with E-state index in [0.29, 0.717) is 19.0 Å². The van der Waals surface area contributed by atoms with Crippen molar-refractivity contribution in [1.29, 1.82) is 0 Å². The van der Waals surface area contributed by atoms with Crippen molar-refractivity contribution in [2.75, 3.05) is 13.1 Å². The van der Waals surface area contributed by atoms with Gasteiger partial charge in [-0.05, 0) is 43.2 Å². The maximum absolute atomic E-state index is 13.2. The van der Waals surface area contributed by atoms with Crippen LogP contribution in [0, 0.1) is 5.82 Å². The first-order valence-corrected chi connectivity index (χ1v) is 8.31. The molecule has 130 valence electrons. The van der Waals surface area contributed by atoms with E-state index in [4.69, 9.17) is 0 Å². The second kappa shape index (κ2) is 8.23. The number of hydrogen-bond donors (Lipinski definition) is 2. The third kappa shape index (κ3) is 4.53. The molecule has 6 nitrogen and oxygen atoms in total. The van der Waals surface area contributed by atoms with Crippen molar-refractivity contribution in [2.24, 2.45) is 4.99 Å². The van der Waals surface area contributed by atoms with Crippen molar-refractivity contribution < 1.29 is 4.39 Å². The Morgan fingerprint density at radius 2 is 2.08 bits per heavy atom. The molecule has 0 amide bonds. The van der Waals surface area contributed by atoms with E-state index in [1.165, 1.54) is 6.07 Å². The maximum Gasteiger partial charge on any atom is 0.191 e. The average molecular weight is 340 g/mol. The number of nitrogens with one attached hydrogen (secondary N) is 2. The van der Waals surface area contributed by atoms with Crippen LogP contribution < -0.4 is 10.6 Å². The van der Waals surface area contributed by atoms with Crippen LogP contribution in [0.1, 0.15) is 18.3 Å². The van der Waals surface area contributed by atoms with E-state index >= 15 is 0 Å². The highest BCUT2D eigenvalue weighted by Gasteiger charge is 2.04. The van der Waals surface area contributed by atoms with Gasteiger partial charge >= 0.3 is 0 Å². The molecular weight excluding hydrogens is 319 g/mol. The van der Waals surface area contributed by atoms with Crippen LogP contribution in [0.15, 0.2) is 53.7 Å². The Balaban J connectivity index is 1.61. The Bertz CT molecular complexity index is 857. The average Bonchev–Trinajstić information content (AvgIpc) is 3.03. The Morgan fingerprint density at radius 3 is 2.92 bits per heavy atom. The molecular formula is C18H21FN6. The van der Waals surface area contributed by atoms with Gasteiger partial charge < -0.3 is 10.6 Å². The second-order valence-electron chi connectivity index (χ2n) is 5.55. The topological polar surface area (TPSA) is 66.6 Å². The lowest BCUT2D eigenvalue weighted by Crippen LogP contribution is -2.38. The Labute approximate surface area is 145 Å². The minimum absolute atomic E-state index is 0.211. The summed E-state index contributed by atoms with van der Waals surface area (Å²) in [6, 6.07) is 12.4. The Morgan fingerprint density at radius 1 is 1.16 bits per heavy atom. The number of nitrogens with zero attached hydrogens (tertiary/aromatic N) is 4. The molecule has 0 radical (unpaired) electrons. The first kappa shape index (κ1) is 16.9. The van der Waals surface area contributed by atoms with Gasteiger partial charge in [0, 0.05) is 19.3 Å². The molecule has 2 heterocycles. The number of benzene rings is 1. The molecule has 0 unspecified atom stereocenters. The molecule has 2 N–H and O–H groups in total. The molecule has 7 heteroatoms. The standard InChI is InChI=1S/C18H21FN6/c1-2-20-18(21-10-9-14-6-5-7-15(19)12-14)22-13-17-24-23-16-8-3-4-11-25(16)17/h3-8,11-12H,2,9-10,13H2,1H3,(H2,20,21,22). The molecule has 0 saturated heterocycles. The van der Waals surface area contributed by atoms with Crippen LogP contribution in [0.3, 0.4) is 0 Å². The van der Waals surface area contributed by atoms with Crippen LogP contribution in [-0.4, -0.2) is 33.6 Å². The molecule has 0 atom stereocenters. The summed E-state index contributed by atoms with van der Waals surface area (Å²) in [6.45, 7) is 3.85. The van der Waals surface area contributed by atoms with E-state index in [9.17, 15) is 4.39 Å². The number of aliphatic imine (C=N–C) groups is 1. The molecule has 0 fully saturated rings. The highest BCUT2D eigenvalue weighted by atomic mass is 19.1. The quantitative estimate of drug-likeness (QED) is 0.533. The van der Waals surface area contributed by atoms with Crippen molar-refractivity contribution in [2.45, 2.75) is 19.9 Å². The summed E-state index contributed by atoms with van der Waals surface area (Å²) < 4.78 is 15.1. The largest absolute Gasteiger partial charge is 0.357 e. The molecule has 25 heavy (non-hydrogen) atoms. The zero-order chi connectivity index (χ0) is 17.5. The van der Waals surface area contributed by atoms with E-state index in [-0.39, 0.29) is 5.82 Å². The number of pyridine rings is 1. The van der Waals surface area contributed by atoms with Crippen LogP contribution in [0.2, 0.25) is 0 Å². The lowest BCUT2D eigenvalue weighted by molar-refractivity contribution is 0.625. The van der Waals surface area contributed by atoms with Crippen molar-refractivity contribution >= 4 is 11.6 Å². The normalized spacial score (nSPS) is 11.7. The van der Waals surface area contributed by atoms with Gasteiger partial charge in [0.05, 0.1) is 0 Å². The highest BCUT2D eigenvalue weighted by Crippen LogP contribution is 2.05. The van der Waals surface area contributed by atoms with Gasteiger partial charge in [-0.15, -0.1) is 10.2 Å². The smallest absolute Gasteiger partial charge is 0.191 e. The minimum Gasteiger partial charge on any atom is -0.357 e. The predicted octanol–water partition coefficient (Wildman–Crippen LogP) is 2.17. The van der Waals surface area contributed by atoms with E-state index in [1.54, 1.807) is 12.1 Å². The van der Waals surface area contributed by atoms with E-state index < -0.39 is 0 Å². The number of halogens is 1. The molecule has 0 saturated carbocycles. The third-order valence-corrected chi connectivity index (χ3v) is 3.70. The van der Waals surface area contributed by atoms with E-state index in [0.717, 1.165) is 30.0 Å². The molecule has 3 aromatic rings. The zero-order valence-corrected chi connectivity index (χ0v) is 14.1. The van der Waals surface area contributed by atoms with Gasteiger partial charge in [-0.1, -0.05) is 18.2 Å². The number of fused-ring (bicyclic) bond motifs is 1. The lowest BCUT2D eigenvalue weighted by Gasteiger charge is -2.11. The number of aromatic nitrogens is 3. The van der Waals surface area contributed by atoms with Gasteiger partial charge in [-0.2, -0.15) is 0 Å². The fourth-order valence-corrected chi connectivity index (χ4v) is 2.51. The molecule has 1 aromatic carbocycles. The Hall–Kier alpha value is -2.96. The van der Waals surface area contributed by atoms with E-state index in [1.807, 2.05) is 41.8 Å². The molecule has 0 spiro atoms. The first-order chi connectivity index (χ1) is 12.3. The molecule has 0 bridgehead atoms. The number of hydrogen-bond acceptors (Lipinski definition) is 3. The van der Waals surface area contributed by atoms with Crippen LogP contribution in [0.25, 0.3) is 5.65 Å². The Kier molecular flexibility index (Phi) is 5.56. The maximum atomic E-state index is 13.2. The fourth-order valence-electron chi connectivity index (χ4n) is 2.51. The predicted molar refractivity (Wildman–Crippen MR) is 95.9 cm³/mol. The van der Waals surface area contributed by atoms with Crippen LogP contribution in [-0.2, 0) is 13.0 Å². The summed E-state index contributed by atoms with van der Waals surface area (Å²) in [5.41, 5.74) is 1.75. The van der Waals surface area contributed by atoms with Gasteiger partial charge in [-0.25, -0.2) is 9.38 Å². The van der Waals surface area contributed by atoms with Crippen LogP contribution in [0.5, 0.6) is 0 Å². The minimum atomic E-state index is -0.211. The SMILES string of the molecule is CCNC(=NCc1nnc2ccccn12)NCCc1cccc(F)c1. The first-order valence-electron chi connectivity index (χ1n) is 8.31. The summed E-state index contributed by atoms with van der Waals surface area (Å²) in [4.78, 5) is 4.55. The van der Waals surface area contributed by atoms with Crippen molar-refractivity contribution in [3.63, 3.8) is 0 Å². The van der Waals surface area contributed by atoms with Crippen LogP contribution >= 0.6 is 0 Å². The van der Waals surface area contributed by atoms with Gasteiger partial charge in [0.15, 0.2) is 17.4 Å². The van der Waals surface area contributed by atoms with Crippen molar-refractivity contribution in [1.82, 2.24) is 25.2 Å². The fraction of sp³-hybridized carbons (Fsp3) is 0.278. The summed E-state index contributed by atoms with van der Waals surface area (Å²) in [5, 5.41) is 14.7. The lowest BCUT2D eigenvalue weighted by atomic mass is 10.1. The van der Waals surface area contributed by atoms with E-state index in [2.05, 4.69) is 25.8 Å². The molecule has 0 aliphatic carbocycles. The zero-order valence-electron chi connectivity index (χ0n) is 14.1. The molecule has 0 aliphatic rings. The van der Waals surface area contributed by atoms with Gasteiger partial charge in [-0.3, -0.25) is 4.40 Å². The second-order valence-corrected chi connectivity index (χ2v) is 5.55. The number of guanidine groups is 1.